The molecule has 0 bridgehead atoms. The van der Waals surface area contributed by atoms with Crippen LogP contribution in [0.3, 0.4) is 0 Å². The van der Waals surface area contributed by atoms with Crippen LogP contribution in [0.4, 0.5) is 0 Å². The predicted molar refractivity (Wildman–Crippen MR) is 80.6 cm³/mol. The van der Waals surface area contributed by atoms with Crippen molar-refractivity contribution in [2.24, 2.45) is 0 Å². The van der Waals surface area contributed by atoms with Crippen molar-refractivity contribution in [3.63, 3.8) is 0 Å². The molecule has 0 heterocycles. The molecule has 2 rings (SSSR count). The summed E-state index contributed by atoms with van der Waals surface area (Å²) >= 11 is 3.45. The van der Waals surface area contributed by atoms with E-state index in [-0.39, 0.29) is 0 Å². The van der Waals surface area contributed by atoms with Crippen LogP contribution in [0.15, 0.2) is 53.0 Å². The van der Waals surface area contributed by atoms with Crippen molar-refractivity contribution >= 4 is 15.9 Å². The molecule has 0 aliphatic heterocycles. The van der Waals surface area contributed by atoms with E-state index in [1.165, 1.54) is 16.7 Å². The Morgan fingerprint density at radius 2 is 1.72 bits per heavy atom. The lowest BCUT2D eigenvalue weighted by atomic mass is 10.0. The Bertz CT molecular complexity index is 505. The van der Waals surface area contributed by atoms with Crippen molar-refractivity contribution in [1.82, 2.24) is 5.32 Å². The van der Waals surface area contributed by atoms with Crippen LogP contribution in [-0.4, -0.2) is 0 Å². The Morgan fingerprint density at radius 1 is 1.06 bits per heavy atom. The highest BCUT2D eigenvalue weighted by Gasteiger charge is 2.06. The van der Waals surface area contributed by atoms with Crippen molar-refractivity contribution < 1.29 is 0 Å². The zero-order valence-corrected chi connectivity index (χ0v) is 12.4. The molecule has 1 atom stereocenters. The van der Waals surface area contributed by atoms with Gasteiger partial charge in [0.2, 0.25) is 0 Å². The van der Waals surface area contributed by atoms with Gasteiger partial charge in [0.05, 0.1) is 0 Å². The van der Waals surface area contributed by atoms with Crippen LogP contribution in [0.25, 0.3) is 0 Å². The van der Waals surface area contributed by atoms with Gasteiger partial charge in [0.25, 0.3) is 0 Å². The van der Waals surface area contributed by atoms with Crippen molar-refractivity contribution in [1.29, 1.82) is 0 Å². The van der Waals surface area contributed by atoms with Gasteiger partial charge in [-0.25, -0.2) is 0 Å². The zero-order valence-electron chi connectivity index (χ0n) is 10.8. The van der Waals surface area contributed by atoms with E-state index in [0.29, 0.717) is 6.04 Å². The standard InChI is InChI=1S/C16H18BrN/c1-12-5-3-4-6-16(12)13(2)18-11-14-7-9-15(17)10-8-14/h3-10,13,18H,11H2,1-2H3. The summed E-state index contributed by atoms with van der Waals surface area (Å²) in [5, 5.41) is 3.56. The van der Waals surface area contributed by atoms with Gasteiger partial charge in [-0.3, -0.25) is 0 Å². The van der Waals surface area contributed by atoms with E-state index in [2.05, 4.69) is 83.6 Å². The molecule has 1 unspecified atom stereocenters. The average molecular weight is 304 g/mol. The molecular weight excluding hydrogens is 286 g/mol. The van der Waals surface area contributed by atoms with Crippen molar-refractivity contribution in [2.75, 3.05) is 0 Å². The fourth-order valence-corrected chi connectivity index (χ4v) is 2.32. The summed E-state index contributed by atoms with van der Waals surface area (Å²) in [6.07, 6.45) is 0. The van der Waals surface area contributed by atoms with Crippen LogP contribution < -0.4 is 5.32 Å². The van der Waals surface area contributed by atoms with Gasteiger partial charge in [-0.2, -0.15) is 0 Å². The summed E-state index contributed by atoms with van der Waals surface area (Å²) in [4.78, 5) is 0. The summed E-state index contributed by atoms with van der Waals surface area (Å²) in [5.74, 6) is 0. The number of halogens is 1. The molecule has 0 radical (unpaired) electrons. The van der Waals surface area contributed by atoms with E-state index in [4.69, 9.17) is 0 Å². The van der Waals surface area contributed by atoms with E-state index >= 15 is 0 Å². The minimum atomic E-state index is 0.370. The van der Waals surface area contributed by atoms with Crippen molar-refractivity contribution in [2.45, 2.75) is 26.4 Å². The molecule has 18 heavy (non-hydrogen) atoms. The summed E-state index contributed by atoms with van der Waals surface area (Å²) in [6.45, 7) is 5.26. The monoisotopic (exact) mass is 303 g/mol. The Labute approximate surface area is 117 Å². The Balaban J connectivity index is 1.98. The van der Waals surface area contributed by atoms with Crippen LogP contribution in [0.1, 0.15) is 29.7 Å². The second-order valence-electron chi connectivity index (χ2n) is 4.59. The lowest BCUT2D eigenvalue weighted by Gasteiger charge is -2.16. The molecule has 1 N–H and O–H groups in total. The summed E-state index contributed by atoms with van der Waals surface area (Å²) in [6, 6.07) is 17.3. The lowest BCUT2D eigenvalue weighted by Crippen LogP contribution is -2.18. The number of benzene rings is 2. The highest BCUT2D eigenvalue weighted by atomic mass is 79.9. The highest BCUT2D eigenvalue weighted by molar-refractivity contribution is 9.10. The third-order valence-corrected chi connectivity index (χ3v) is 3.71. The molecule has 0 saturated heterocycles. The molecule has 94 valence electrons. The van der Waals surface area contributed by atoms with Gasteiger partial charge in [-0.05, 0) is 42.7 Å². The van der Waals surface area contributed by atoms with E-state index in [1.807, 2.05) is 0 Å². The first-order valence-electron chi connectivity index (χ1n) is 6.20. The molecule has 2 heteroatoms. The number of rotatable bonds is 4. The quantitative estimate of drug-likeness (QED) is 0.870. The first-order chi connectivity index (χ1) is 8.66. The van der Waals surface area contributed by atoms with Gasteiger partial charge in [-0.15, -0.1) is 0 Å². The van der Waals surface area contributed by atoms with Crippen LogP contribution >= 0.6 is 15.9 Å². The van der Waals surface area contributed by atoms with Gasteiger partial charge in [0.1, 0.15) is 0 Å². The Hall–Kier alpha value is -1.12. The third kappa shape index (κ3) is 3.44. The maximum absolute atomic E-state index is 3.56. The molecular formula is C16H18BrN. The number of aryl methyl sites for hydroxylation is 1. The molecule has 0 saturated carbocycles. The molecule has 1 nitrogen and oxygen atoms in total. The molecule has 2 aromatic rings. The van der Waals surface area contributed by atoms with Crippen LogP contribution in [0.5, 0.6) is 0 Å². The Kier molecular flexibility index (Phi) is 4.56. The van der Waals surface area contributed by atoms with Crippen LogP contribution in [0.2, 0.25) is 0 Å². The van der Waals surface area contributed by atoms with E-state index in [1.54, 1.807) is 0 Å². The molecule has 0 fully saturated rings. The minimum Gasteiger partial charge on any atom is -0.306 e. The largest absolute Gasteiger partial charge is 0.306 e. The first kappa shape index (κ1) is 13.3. The number of hydrogen-bond acceptors (Lipinski definition) is 1. The maximum atomic E-state index is 3.56. The van der Waals surface area contributed by atoms with Crippen molar-refractivity contribution in [3.8, 4) is 0 Å². The topological polar surface area (TPSA) is 12.0 Å². The lowest BCUT2D eigenvalue weighted by molar-refractivity contribution is 0.572. The van der Waals surface area contributed by atoms with Crippen molar-refractivity contribution in [3.05, 3.63) is 69.7 Å². The zero-order chi connectivity index (χ0) is 13.0. The summed E-state index contributed by atoms with van der Waals surface area (Å²) < 4.78 is 1.12. The summed E-state index contributed by atoms with van der Waals surface area (Å²) in [5.41, 5.74) is 4.02. The van der Waals surface area contributed by atoms with E-state index < -0.39 is 0 Å². The molecule has 0 amide bonds. The molecule has 0 aliphatic rings. The third-order valence-electron chi connectivity index (χ3n) is 3.18. The van der Waals surface area contributed by atoms with Gasteiger partial charge in [0.15, 0.2) is 0 Å². The highest BCUT2D eigenvalue weighted by Crippen LogP contribution is 2.17. The van der Waals surface area contributed by atoms with Crippen LogP contribution in [-0.2, 0) is 6.54 Å². The second kappa shape index (κ2) is 6.17. The average Bonchev–Trinajstić information content (AvgIpc) is 2.38. The SMILES string of the molecule is Cc1ccccc1C(C)NCc1ccc(Br)cc1. The second-order valence-corrected chi connectivity index (χ2v) is 5.50. The summed E-state index contributed by atoms with van der Waals surface area (Å²) in [7, 11) is 0. The maximum Gasteiger partial charge on any atom is 0.0297 e. The van der Waals surface area contributed by atoms with Gasteiger partial charge < -0.3 is 5.32 Å². The Morgan fingerprint density at radius 3 is 2.39 bits per heavy atom. The van der Waals surface area contributed by atoms with Gasteiger partial charge in [-0.1, -0.05) is 52.3 Å². The number of nitrogens with one attached hydrogen (secondary N) is 1. The first-order valence-corrected chi connectivity index (χ1v) is 6.99. The smallest absolute Gasteiger partial charge is 0.0297 e. The normalized spacial score (nSPS) is 12.4. The molecule has 2 aromatic carbocycles. The van der Waals surface area contributed by atoms with E-state index in [0.717, 1.165) is 11.0 Å². The fourth-order valence-electron chi connectivity index (χ4n) is 2.06. The van der Waals surface area contributed by atoms with E-state index in [9.17, 15) is 0 Å². The molecule has 0 aromatic heterocycles. The molecule has 0 spiro atoms. The predicted octanol–water partition coefficient (Wildman–Crippen LogP) is 4.61. The van der Waals surface area contributed by atoms with Gasteiger partial charge >= 0.3 is 0 Å². The molecule has 0 aliphatic carbocycles. The minimum absolute atomic E-state index is 0.370. The van der Waals surface area contributed by atoms with Gasteiger partial charge in [0, 0.05) is 17.1 Å². The van der Waals surface area contributed by atoms with Crippen LogP contribution in [0, 0.1) is 6.92 Å². The number of hydrogen-bond donors (Lipinski definition) is 1. The fraction of sp³-hybridized carbons (Fsp3) is 0.250.